The van der Waals surface area contributed by atoms with Crippen molar-refractivity contribution in [1.82, 2.24) is 9.78 Å². The minimum Gasteiger partial charge on any atom is -0.366 e. The monoisotopic (exact) mass is 258 g/mol. The summed E-state index contributed by atoms with van der Waals surface area (Å²) in [7, 11) is 1.68. The fraction of sp³-hybridized carbons (Fsp3) is 0.154. The molecule has 0 aliphatic carbocycles. The Morgan fingerprint density at radius 2 is 2.05 bits per heavy atom. The van der Waals surface area contributed by atoms with Crippen molar-refractivity contribution < 1.29 is 9.59 Å². The van der Waals surface area contributed by atoms with Crippen molar-refractivity contribution >= 4 is 17.5 Å². The van der Waals surface area contributed by atoms with Gasteiger partial charge in [-0.05, 0) is 30.7 Å². The van der Waals surface area contributed by atoms with E-state index in [2.05, 4.69) is 10.4 Å². The Labute approximate surface area is 110 Å². The number of carbonyl (C=O) groups is 2. The number of aromatic nitrogens is 2. The van der Waals surface area contributed by atoms with Gasteiger partial charge in [-0.25, -0.2) is 0 Å². The number of primary amides is 1. The number of hydrogen-bond donors (Lipinski definition) is 2. The molecule has 0 bridgehead atoms. The topological polar surface area (TPSA) is 90.0 Å². The Morgan fingerprint density at radius 3 is 2.63 bits per heavy atom. The lowest BCUT2D eigenvalue weighted by Gasteiger charge is -2.09. The van der Waals surface area contributed by atoms with Crippen LogP contribution in [-0.4, -0.2) is 21.6 Å². The summed E-state index contributed by atoms with van der Waals surface area (Å²) in [5.41, 5.74) is 7.41. The molecule has 0 aliphatic rings. The van der Waals surface area contributed by atoms with Crippen molar-refractivity contribution in [3.05, 3.63) is 47.3 Å². The van der Waals surface area contributed by atoms with Crippen molar-refractivity contribution in [3.63, 3.8) is 0 Å². The van der Waals surface area contributed by atoms with Crippen LogP contribution in [-0.2, 0) is 7.05 Å². The fourth-order valence-corrected chi connectivity index (χ4v) is 1.69. The van der Waals surface area contributed by atoms with Crippen LogP contribution in [0.4, 0.5) is 5.69 Å². The molecule has 1 aromatic carbocycles. The van der Waals surface area contributed by atoms with Gasteiger partial charge in [0.2, 0.25) is 5.91 Å². The number of nitrogens with zero attached hydrogens (tertiary/aromatic N) is 2. The van der Waals surface area contributed by atoms with Crippen molar-refractivity contribution in [3.8, 4) is 0 Å². The van der Waals surface area contributed by atoms with Crippen molar-refractivity contribution in [2.24, 2.45) is 12.8 Å². The van der Waals surface area contributed by atoms with E-state index in [9.17, 15) is 9.59 Å². The first kappa shape index (κ1) is 12.8. The summed E-state index contributed by atoms with van der Waals surface area (Å²) >= 11 is 0. The van der Waals surface area contributed by atoms with Gasteiger partial charge >= 0.3 is 0 Å². The summed E-state index contributed by atoms with van der Waals surface area (Å²) < 4.78 is 1.47. The van der Waals surface area contributed by atoms with Gasteiger partial charge in [0, 0.05) is 24.5 Å². The van der Waals surface area contributed by atoms with Gasteiger partial charge in [0.25, 0.3) is 5.91 Å². The van der Waals surface area contributed by atoms with E-state index in [1.165, 1.54) is 4.68 Å². The van der Waals surface area contributed by atoms with E-state index in [1.807, 2.05) is 6.92 Å². The lowest BCUT2D eigenvalue weighted by Crippen LogP contribution is -2.18. The molecule has 0 spiro atoms. The van der Waals surface area contributed by atoms with Crippen LogP contribution in [0.3, 0.4) is 0 Å². The number of carbonyl (C=O) groups excluding carboxylic acids is 2. The fourth-order valence-electron chi connectivity index (χ4n) is 1.69. The normalized spacial score (nSPS) is 10.2. The maximum atomic E-state index is 12.0. The number of rotatable bonds is 3. The van der Waals surface area contributed by atoms with Crippen LogP contribution in [0.5, 0.6) is 0 Å². The number of nitrogens with one attached hydrogen (secondary N) is 1. The molecule has 1 heterocycles. The molecule has 2 aromatic rings. The largest absolute Gasteiger partial charge is 0.366 e. The molecule has 6 heteroatoms. The first-order valence-electron chi connectivity index (χ1n) is 5.69. The van der Waals surface area contributed by atoms with Gasteiger partial charge in [0.15, 0.2) is 0 Å². The van der Waals surface area contributed by atoms with Crippen molar-refractivity contribution in [1.29, 1.82) is 0 Å². The Bertz CT molecular complexity index is 646. The van der Waals surface area contributed by atoms with E-state index < -0.39 is 5.91 Å². The third-order valence-electron chi connectivity index (χ3n) is 2.82. The molecule has 3 N–H and O–H groups in total. The highest BCUT2D eigenvalue weighted by molar-refractivity contribution is 6.04. The van der Waals surface area contributed by atoms with Gasteiger partial charge in [-0.2, -0.15) is 5.10 Å². The molecule has 19 heavy (non-hydrogen) atoms. The van der Waals surface area contributed by atoms with Crippen LogP contribution < -0.4 is 11.1 Å². The van der Waals surface area contributed by atoms with Gasteiger partial charge in [-0.15, -0.1) is 0 Å². The molecule has 0 atom stereocenters. The highest BCUT2D eigenvalue weighted by Gasteiger charge is 2.12. The molecule has 6 nitrogen and oxygen atoms in total. The average molecular weight is 258 g/mol. The molecule has 0 fully saturated rings. The van der Waals surface area contributed by atoms with Gasteiger partial charge in [0.05, 0.1) is 0 Å². The van der Waals surface area contributed by atoms with Gasteiger partial charge in [0.1, 0.15) is 5.69 Å². The van der Waals surface area contributed by atoms with Gasteiger partial charge in [-0.3, -0.25) is 14.3 Å². The van der Waals surface area contributed by atoms with E-state index in [1.54, 1.807) is 37.5 Å². The van der Waals surface area contributed by atoms with E-state index in [4.69, 9.17) is 5.73 Å². The standard InChI is InChI=1S/C13H14N4O2/c1-8-3-4-9(12(14)18)7-10(8)16-13(19)11-5-6-15-17(11)2/h3-7H,1-2H3,(H2,14,18)(H,16,19). The Morgan fingerprint density at radius 1 is 1.32 bits per heavy atom. The highest BCUT2D eigenvalue weighted by atomic mass is 16.2. The molecule has 0 unspecified atom stereocenters. The SMILES string of the molecule is Cc1ccc(C(N)=O)cc1NC(=O)c1ccnn1C. The van der Waals surface area contributed by atoms with E-state index in [0.29, 0.717) is 16.9 Å². The predicted molar refractivity (Wildman–Crippen MR) is 70.9 cm³/mol. The van der Waals surface area contributed by atoms with Crippen molar-refractivity contribution in [2.75, 3.05) is 5.32 Å². The molecule has 98 valence electrons. The molecule has 2 amide bonds. The van der Waals surface area contributed by atoms with Crippen LogP contribution in [0.15, 0.2) is 30.5 Å². The summed E-state index contributed by atoms with van der Waals surface area (Å²) in [6, 6.07) is 6.53. The first-order valence-corrected chi connectivity index (χ1v) is 5.69. The number of amides is 2. The molecule has 2 rings (SSSR count). The van der Waals surface area contributed by atoms with Gasteiger partial charge in [-0.1, -0.05) is 6.07 Å². The quantitative estimate of drug-likeness (QED) is 0.863. The van der Waals surface area contributed by atoms with E-state index in [-0.39, 0.29) is 5.91 Å². The van der Waals surface area contributed by atoms with Crippen molar-refractivity contribution in [2.45, 2.75) is 6.92 Å². The maximum absolute atomic E-state index is 12.0. The van der Waals surface area contributed by atoms with Crippen LogP contribution in [0, 0.1) is 6.92 Å². The zero-order chi connectivity index (χ0) is 14.0. The van der Waals surface area contributed by atoms with Gasteiger partial charge < -0.3 is 11.1 Å². The summed E-state index contributed by atoms with van der Waals surface area (Å²) in [5, 5.41) is 6.67. The van der Waals surface area contributed by atoms with E-state index in [0.717, 1.165) is 5.56 Å². The summed E-state index contributed by atoms with van der Waals surface area (Å²) in [6.45, 7) is 1.84. The molecular weight excluding hydrogens is 244 g/mol. The number of nitrogens with two attached hydrogens (primary N) is 1. The molecular formula is C13H14N4O2. The van der Waals surface area contributed by atoms with Crippen LogP contribution in [0.2, 0.25) is 0 Å². The number of hydrogen-bond acceptors (Lipinski definition) is 3. The second kappa shape index (κ2) is 4.93. The Hall–Kier alpha value is -2.63. The first-order chi connectivity index (χ1) is 8.99. The molecule has 0 saturated heterocycles. The van der Waals surface area contributed by atoms with Crippen LogP contribution >= 0.6 is 0 Å². The lowest BCUT2D eigenvalue weighted by molar-refractivity contribution is 0.0994. The third kappa shape index (κ3) is 2.62. The molecule has 1 aromatic heterocycles. The van der Waals surface area contributed by atoms with E-state index >= 15 is 0 Å². The van der Waals surface area contributed by atoms with Crippen LogP contribution in [0.1, 0.15) is 26.4 Å². The maximum Gasteiger partial charge on any atom is 0.273 e. The molecule has 0 aliphatic heterocycles. The zero-order valence-electron chi connectivity index (χ0n) is 10.7. The Balaban J connectivity index is 2.28. The second-order valence-corrected chi connectivity index (χ2v) is 4.19. The molecule has 0 radical (unpaired) electrons. The van der Waals surface area contributed by atoms with Crippen LogP contribution in [0.25, 0.3) is 0 Å². The average Bonchev–Trinajstić information content (AvgIpc) is 2.78. The molecule has 0 saturated carbocycles. The summed E-state index contributed by atoms with van der Waals surface area (Å²) in [6.07, 6.45) is 1.54. The number of benzene rings is 1. The predicted octanol–water partition coefficient (Wildman–Crippen LogP) is 1.08. The summed E-state index contributed by atoms with van der Waals surface area (Å²) in [4.78, 5) is 23.2. The number of anilines is 1. The number of aryl methyl sites for hydroxylation is 2. The smallest absolute Gasteiger partial charge is 0.273 e. The minimum atomic E-state index is -0.531. The minimum absolute atomic E-state index is 0.287. The lowest BCUT2D eigenvalue weighted by atomic mass is 10.1. The second-order valence-electron chi connectivity index (χ2n) is 4.19. The third-order valence-corrected chi connectivity index (χ3v) is 2.82. The highest BCUT2D eigenvalue weighted by Crippen LogP contribution is 2.17. The Kier molecular flexibility index (Phi) is 3.33. The zero-order valence-corrected chi connectivity index (χ0v) is 10.7. The summed E-state index contributed by atoms with van der Waals surface area (Å²) in [5.74, 6) is -0.819.